The zero-order valence-corrected chi connectivity index (χ0v) is 12.2. The Morgan fingerprint density at radius 2 is 2.00 bits per heavy atom. The van der Waals surface area contributed by atoms with E-state index in [1.54, 1.807) is 0 Å². The lowest BCUT2D eigenvalue weighted by Gasteiger charge is -2.35. The summed E-state index contributed by atoms with van der Waals surface area (Å²) in [6.07, 6.45) is 1.82. The Labute approximate surface area is 120 Å². The molecule has 20 heavy (non-hydrogen) atoms. The minimum atomic E-state index is 0.212. The van der Waals surface area contributed by atoms with Gasteiger partial charge in [0.25, 0.3) is 0 Å². The third kappa shape index (κ3) is 4.18. The molecule has 2 N–H and O–H groups in total. The van der Waals surface area contributed by atoms with Crippen molar-refractivity contribution in [1.82, 2.24) is 19.7 Å². The van der Waals surface area contributed by atoms with Crippen molar-refractivity contribution < 1.29 is 4.79 Å². The van der Waals surface area contributed by atoms with E-state index < -0.39 is 0 Å². The highest BCUT2D eigenvalue weighted by molar-refractivity contribution is 5.78. The lowest BCUT2D eigenvalue weighted by atomic mass is 10.2. The van der Waals surface area contributed by atoms with E-state index in [9.17, 15) is 4.79 Å². The van der Waals surface area contributed by atoms with Gasteiger partial charge in [-0.25, -0.2) is 4.98 Å². The summed E-state index contributed by atoms with van der Waals surface area (Å²) in [5.41, 5.74) is 6.74. The Bertz CT molecular complexity index is 437. The predicted molar refractivity (Wildman–Crippen MR) is 79.1 cm³/mol. The summed E-state index contributed by atoms with van der Waals surface area (Å²) in [5.74, 6) is 0.761. The molecule has 0 aliphatic carbocycles. The molecule has 1 saturated heterocycles. The van der Waals surface area contributed by atoms with E-state index >= 15 is 0 Å². The second-order valence-electron chi connectivity index (χ2n) is 5.49. The maximum absolute atomic E-state index is 12.0. The van der Waals surface area contributed by atoms with Gasteiger partial charge < -0.3 is 15.5 Å². The Kier molecular flexibility index (Phi) is 4.92. The number of aromatic nitrogens is 1. The fourth-order valence-corrected chi connectivity index (χ4v) is 2.31. The smallest absolute Gasteiger partial charge is 0.236 e. The van der Waals surface area contributed by atoms with Crippen molar-refractivity contribution >= 4 is 11.7 Å². The van der Waals surface area contributed by atoms with Crippen LogP contribution in [-0.4, -0.2) is 72.4 Å². The predicted octanol–water partition coefficient (Wildman–Crippen LogP) is -0.130. The van der Waals surface area contributed by atoms with Gasteiger partial charge in [0.1, 0.15) is 5.82 Å². The molecule has 1 aromatic rings. The maximum Gasteiger partial charge on any atom is 0.236 e. The number of nitrogens with zero attached hydrogens (tertiary/aromatic N) is 4. The number of hydrogen-bond acceptors (Lipinski definition) is 5. The van der Waals surface area contributed by atoms with Crippen LogP contribution >= 0.6 is 0 Å². The molecule has 0 atom stereocenters. The number of nitrogens with two attached hydrogens (primary N) is 1. The third-order valence-corrected chi connectivity index (χ3v) is 3.43. The van der Waals surface area contributed by atoms with Gasteiger partial charge in [0.15, 0.2) is 0 Å². The minimum Gasteiger partial charge on any atom is -0.384 e. The summed E-state index contributed by atoms with van der Waals surface area (Å²) in [6, 6.07) is 3.83. The molecule has 1 amide bonds. The number of likely N-dealkylation sites (N-methyl/N-ethyl adjacent to an activating group) is 1. The molecule has 1 aliphatic rings. The number of nitrogen functional groups attached to an aromatic ring is 1. The summed E-state index contributed by atoms with van der Waals surface area (Å²) >= 11 is 0. The number of amides is 1. The monoisotopic (exact) mass is 277 g/mol. The van der Waals surface area contributed by atoms with Crippen molar-refractivity contribution in [2.24, 2.45) is 0 Å². The highest BCUT2D eigenvalue weighted by Crippen LogP contribution is 2.09. The molecule has 1 aliphatic heterocycles. The van der Waals surface area contributed by atoms with E-state index in [1.165, 1.54) is 0 Å². The number of carbonyl (C=O) groups excluding carboxylic acids is 1. The van der Waals surface area contributed by atoms with Crippen molar-refractivity contribution in [1.29, 1.82) is 0 Å². The lowest BCUT2D eigenvalue weighted by Crippen LogP contribution is -2.50. The van der Waals surface area contributed by atoms with Crippen LogP contribution in [-0.2, 0) is 11.3 Å². The van der Waals surface area contributed by atoms with Gasteiger partial charge in [0.05, 0.1) is 6.54 Å². The molecule has 2 heterocycles. The van der Waals surface area contributed by atoms with Gasteiger partial charge in [-0.15, -0.1) is 0 Å². The zero-order chi connectivity index (χ0) is 14.5. The van der Waals surface area contributed by atoms with E-state index in [4.69, 9.17) is 5.73 Å². The molecule has 1 fully saturated rings. The van der Waals surface area contributed by atoms with Crippen molar-refractivity contribution in [2.75, 3.05) is 52.6 Å². The largest absolute Gasteiger partial charge is 0.384 e. The van der Waals surface area contributed by atoms with Gasteiger partial charge in [0.2, 0.25) is 5.91 Å². The first-order valence-corrected chi connectivity index (χ1v) is 6.90. The first-order chi connectivity index (χ1) is 9.54. The van der Waals surface area contributed by atoms with Crippen LogP contribution in [0.1, 0.15) is 5.56 Å². The highest BCUT2D eigenvalue weighted by Gasteiger charge is 2.21. The Hall–Kier alpha value is -1.66. The van der Waals surface area contributed by atoms with Crippen LogP contribution in [0.5, 0.6) is 0 Å². The third-order valence-electron chi connectivity index (χ3n) is 3.43. The summed E-state index contributed by atoms with van der Waals surface area (Å²) in [6.45, 7) is 4.77. The molecule has 0 bridgehead atoms. The molecule has 0 radical (unpaired) electrons. The Morgan fingerprint density at radius 1 is 1.30 bits per heavy atom. The van der Waals surface area contributed by atoms with Gasteiger partial charge in [-0.05, 0) is 25.7 Å². The van der Waals surface area contributed by atoms with Gasteiger partial charge in [-0.3, -0.25) is 9.69 Å². The van der Waals surface area contributed by atoms with E-state index in [-0.39, 0.29) is 5.91 Å². The molecule has 1 aromatic heterocycles. The van der Waals surface area contributed by atoms with Gasteiger partial charge in [-0.2, -0.15) is 0 Å². The summed E-state index contributed by atoms with van der Waals surface area (Å²) < 4.78 is 0. The van der Waals surface area contributed by atoms with E-state index in [1.807, 2.05) is 42.2 Å². The molecule has 0 saturated carbocycles. The van der Waals surface area contributed by atoms with Gasteiger partial charge in [-0.1, -0.05) is 6.07 Å². The minimum absolute atomic E-state index is 0.212. The first kappa shape index (κ1) is 14.7. The molecule has 0 unspecified atom stereocenters. The van der Waals surface area contributed by atoms with Crippen molar-refractivity contribution in [2.45, 2.75) is 6.54 Å². The van der Waals surface area contributed by atoms with Crippen LogP contribution in [0.2, 0.25) is 0 Å². The molecular formula is C14H23N5O. The van der Waals surface area contributed by atoms with Crippen LogP contribution in [0, 0.1) is 0 Å². The first-order valence-electron chi connectivity index (χ1n) is 6.90. The molecule has 6 nitrogen and oxygen atoms in total. The van der Waals surface area contributed by atoms with Crippen LogP contribution in [0.4, 0.5) is 5.82 Å². The van der Waals surface area contributed by atoms with E-state index in [0.29, 0.717) is 12.4 Å². The van der Waals surface area contributed by atoms with Crippen molar-refractivity contribution in [3.63, 3.8) is 0 Å². The average molecular weight is 277 g/mol. The highest BCUT2D eigenvalue weighted by atomic mass is 16.2. The van der Waals surface area contributed by atoms with Crippen molar-refractivity contribution in [3.8, 4) is 0 Å². The molecule has 110 valence electrons. The fraction of sp³-hybridized carbons (Fsp3) is 0.571. The van der Waals surface area contributed by atoms with Gasteiger partial charge >= 0.3 is 0 Å². The fourth-order valence-electron chi connectivity index (χ4n) is 2.31. The topological polar surface area (TPSA) is 65.7 Å². The standard InChI is InChI=1S/C14H23N5O/c1-17(2)11-14(20)19-7-5-18(6-8-19)10-12-3-4-13(15)16-9-12/h3-4,9H,5-8,10-11H2,1-2H3,(H2,15,16). The Balaban J connectivity index is 1.79. The average Bonchev–Trinajstić information content (AvgIpc) is 2.41. The lowest BCUT2D eigenvalue weighted by molar-refractivity contribution is -0.133. The maximum atomic E-state index is 12.0. The van der Waals surface area contributed by atoms with Crippen molar-refractivity contribution in [3.05, 3.63) is 23.9 Å². The molecule has 2 rings (SSSR count). The molecule has 0 aromatic carbocycles. The number of rotatable bonds is 4. The molecule has 6 heteroatoms. The SMILES string of the molecule is CN(C)CC(=O)N1CCN(Cc2ccc(N)nc2)CC1. The number of carbonyl (C=O) groups is 1. The quantitative estimate of drug-likeness (QED) is 0.830. The molecular weight excluding hydrogens is 254 g/mol. The normalized spacial score (nSPS) is 16.6. The van der Waals surface area contributed by atoms with Crippen LogP contribution in [0.3, 0.4) is 0 Å². The molecule has 0 spiro atoms. The summed E-state index contributed by atoms with van der Waals surface area (Å²) in [5, 5.41) is 0. The second-order valence-corrected chi connectivity index (χ2v) is 5.49. The number of pyridine rings is 1. The van der Waals surface area contributed by atoms with Gasteiger partial charge in [0, 0.05) is 38.9 Å². The summed E-state index contributed by atoms with van der Waals surface area (Å²) in [4.78, 5) is 22.2. The Morgan fingerprint density at radius 3 is 2.55 bits per heavy atom. The van der Waals surface area contributed by atoms with Crippen LogP contribution in [0.15, 0.2) is 18.3 Å². The van der Waals surface area contributed by atoms with Crippen LogP contribution < -0.4 is 5.73 Å². The number of hydrogen-bond donors (Lipinski definition) is 1. The number of anilines is 1. The zero-order valence-electron chi connectivity index (χ0n) is 12.2. The van der Waals surface area contributed by atoms with E-state index in [0.717, 1.165) is 38.3 Å². The number of piperazine rings is 1. The van der Waals surface area contributed by atoms with E-state index in [2.05, 4.69) is 9.88 Å². The second kappa shape index (κ2) is 6.67. The summed E-state index contributed by atoms with van der Waals surface area (Å²) in [7, 11) is 3.84. The van der Waals surface area contributed by atoms with Crippen LogP contribution in [0.25, 0.3) is 0 Å².